The second kappa shape index (κ2) is 6.12. The minimum Gasteiger partial charge on any atom is -0.376 e. The Morgan fingerprint density at radius 3 is 2.26 bits per heavy atom. The van der Waals surface area contributed by atoms with Crippen LogP contribution in [0.5, 0.6) is 0 Å². The van der Waals surface area contributed by atoms with Gasteiger partial charge in [0.2, 0.25) is 0 Å². The van der Waals surface area contributed by atoms with Crippen molar-refractivity contribution in [2.45, 2.75) is 6.92 Å². The maximum absolute atomic E-state index is 2.56. The van der Waals surface area contributed by atoms with Gasteiger partial charge in [-0.2, -0.15) is 0 Å². The van der Waals surface area contributed by atoms with E-state index in [1.54, 1.807) is 0 Å². The van der Waals surface area contributed by atoms with E-state index in [-0.39, 0.29) is 6.85 Å². The van der Waals surface area contributed by atoms with Gasteiger partial charge < -0.3 is 4.81 Å². The lowest BCUT2D eigenvalue weighted by Crippen LogP contribution is -2.59. The number of aryl methyl sites for hydroxylation is 1. The Labute approximate surface area is 182 Å². The molecule has 0 saturated carbocycles. The van der Waals surface area contributed by atoms with Crippen LogP contribution in [0.25, 0.3) is 33.0 Å². The first-order valence-corrected chi connectivity index (χ1v) is 10.9. The van der Waals surface area contributed by atoms with Crippen LogP contribution in [0.15, 0.2) is 103 Å². The Hall–Kier alpha value is -3.78. The van der Waals surface area contributed by atoms with Crippen molar-refractivity contribution in [2.75, 3.05) is 4.81 Å². The molecule has 0 aliphatic carbocycles. The highest BCUT2D eigenvalue weighted by atomic mass is 15.1. The molecule has 0 N–H and O–H groups in total. The third-order valence-electron chi connectivity index (χ3n) is 6.90. The van der Waals surface area contributed by atoms with Crippen molar-refractivity contribution < 1.29 is 0 Å². The van der Waals surface area contributed by atoms with Crippen LogP contribution < -0.4 is 15.7 Å². The predicted octanol–water partition coefficient (Wildman–Crippen LogP) is 6.05. The maximum atomic E-state index is 2.56. The number of hydrogen-bond donors (Lipinski definition) is 0. The predicted molar refractivity (Wildman–Crippen MR) is 133 cm³/mol. The van der Waals surface area contributed by atoms with Crippen molar-refractivity contribution in [2.24, 2.45) is 0 Å². The van der Waals surface area contributed by atoms with Crippen molar-refractivity contribution in [3.8, 4) is 22.3 Å². The lowest BCUT2D eigenvalue weighted by molar-refractivity contribution is 1.33. The summed E-state index contributed by atoms with van der Waals surface area (Å²) in [6.07, 6.45) is 0. The highest BCUT2D eigenvalue weighted by Crippen LogP contribution is 2.47. The monoisotopic (exact) mass is 393 g/mol. The molecule has 0 amide bonds. The fourth-order valence-corrected chi connectivity index (χ4v) is 5.62. The Kier molecular flexibility index (Phi) is 3.35. The van der Waals surface area contributed by atoms with Gasteiger partial charge in [0.05, 0.1) is 0 Å². The van der Waals surface area contributed by atoms with E-state index in [4.69, 9.17) is 0 Å². The highest BCUT2D eigenvalue weighted by Gasteiger charge is 2.42. The van der Waals surface area contributed by atoms with Gasteiger partial charge in [-0.3, -0.25) is 0 Å². The standard InChI is InChI=1S/C29H20BN/c1-19-14-17-28-24(18-19)22-10-4-6-12-25(22)30-26-16-15-20-8-2-3-9-21(20)29(26)23-11-5-7-13-27(23)31(28)30/h2-18H,1H3. The summed E-state index contributed by atoms with van der Waals surface area (Å²) in [4.78, 5) is 2.56. The Bertz CT molecular complexity index is 1520. The van der Waals surface area contributed by atoms with E-state index in [1.165, 1.54) is 60.9 Å². The number of benzene rings is 5. The molecule has 0 unspecified atom stereocenters. The van der Waals surface area contributed by atoms with E-state index in [2.05, 4.69) is 115 Å². The van der Waals surface area contributed by atoms with E-state index >= 15 is 0 Å². The van der Waals surface area contributed by atoms with Gasteiger partial charge in [0.25, 0.3) is 0 Å². The van der Waals surface area contributed by atoms with Gasteiger partial charge in [0.1, 0.15) is 0 Å². The third kappa shape index (κ3) is 2.22. The molecule has 0 bridgehead atoms. The van der Waals surface area contributed by atoms with Crippen LogP contribution in [0.2, 0.25) is 0 Å². The van der Waals surface area contributed by atoms with Crippen molar-refractivity contribution in [1.82, 2.24) is 0 Å². The molecular formula is C29H20BN. The summed E-state index contributed by atoms with van der Waals surface area (Å²) in [5.41, 5.74) is 12.0. The number of hydrogen-bond acceptors (Lipinski definition) is 1. The average molecular weight is 393 g/mol. The summed E-state index contributed by atoms with van der Waals surface area (Å²) >= 11 is 0. The second-order valence-electron chi connectivity index (χ2n) is 8.65. The summed E-state index contributed by atoms with van der Waals surface area (Å²) in [5, 5.41) is 2.63. The van der Waals surface area contributed by atoms with Gasteiger partial charge in [0, 0.05) is 22.5 Å². The van der Waals surface area contributed by atoms with Gasteiger partial charge in [-0.05, 0) is 57.9 Å². The van der Waals surface area contributed by atoms with Crippen LogP contribution in [0.1, 0.15) is 5.56 Å². The van der Waals surface area contributed by atoms with Crippen LogP contribution in [0.4, 0.5) is 11.4 Å². The largest absolute Gasteiger partial charge is 0.376 e. The molecule has 2 aliphatic rings. The molecule has 0 radical (unpaired) electrons. The van der Waals surface area contributed by atoms with Crippen molar-refractivity contribution in [3.05, 3.63) is 109 Å². The molecule has 1 nitrogen and oxygen atoms in total. The molecule has 0 saturated heterocycles. The summed E-state index contributed by atoms with van der Waals surface area (Å²) < 4.78 is 0. The summed E-state index contributed by atoms with van der Waals surface area (Å²) in [6, 6.07) is 38.1. The van der Waals surface area contributed by atoms with Crippen LogP contribution >= 0.6 is 0 Å². The number of rotatable bonds is 0. The van der Waals surface area contributed by atoms with E-state index < -0.39 is 0 Å². The molecule has 7 rings (SSSR count). The molecule has 5 aromatic carbocycles. The van der Waals surface area contributed by atoms with Crippen LogP contribution in [-0.2, 0) is 0 Å². The zero-order valence-electron chi connectivity index (χ0n) is 17.3. The summed E-state index contributed by atoms with van der Waals surface area (Å²) in [5.74, 6) is 0. The van der Waals surface area contributed by atoms with E-state index in [0.717, 1.165) is 0 Å². The van der Waals surface area contributed by atoms with Crippen molar-refractivity contribution in [1.29, 1.82) is 0 Å². The molecule has 0 atom stereocenters. The lowest BCUT2D eigenvalue weighted by Gasteiger charge is -2.43. The first-order valence-electron chi connectivity index (χ1n) is 10.9. The average Bonchev–Trinajstić information content (AvgIpc) is 2.83. The molecule has 2 heteroatoms. The van der Waals surface area contributed by atoms with Crippen LogP contribution in [-0.4, -0.2) is 6.85 Å². The Morgan fingerprint density at radius 2 is 1.32 bits per heavy atom. The zero-order valence-corrected chi connectivity index (χ0v) is 17.3. The highest BCUT2D eigenvalue weighted by molar-refractivity contribution is 6.92. The van der Waals surface area contributed by atoms with Gasteiger partial charge in [-0.1, -0.05) is 90.5 Å². The molecular weight excluding hydrogens is 373 g/mol. The smallest absolute Gasteiger partial charge is 0.329 e. The summed E-state index contributed by atoms with van der Waals surface area (Å²) in [6.45, 7) is 2.35. The number of anilines is 2. The first-order chi connectivity index (χ1) is 15.3. The fourth-order valence-electron chi connectivity index (χ4n) is 5.62. The maximum Gasteiger partial charge on any atom is 0.329 e. The SMILES string of the molecule is Cc1ccc2c(c1)-c1ccccc1B1c3ccc4ccccc4c3-c3ccccc3N12. The Morgan fingerprint density at radius 1 is 0.581 bits per heavy atom. The molecule has 0 aromatic heterocycles. The zero-order chi connectivity index (χ0) is 20.5. The molecule has 144 valence electrons. The topological polar surface area (TPSA) is 3.24 Å². The molecule has 0 fully saturated rings. The molecule has 31 heavy (non-hydrogen) atoms. The van der Waals surface area contributed by atoms with E-state index in [1.807, 2.05) is 0 Å². The van der Waals surface area contributed by atoms with Crippen LogP contribution in [0, 0.1) is 6.92 Å². The second-order valence-corrected chi connectivity index (χ2v) is 8.65. The summed E-state index contributed by atoms with van der Waals surface area (Å²) in [7, 11) is 0. The Balaban J connectivity index is 1.65. The minimum absolute atomic E-state index is 0.168. The minimum atomic E-state index is 0.168. The molecule has 2 aliphatic heterocycles. The fraction of sp³-hybridized carbons (Fsp3) is 0.0345. The van der Waals surface area contributed by atoms with Gasteiger partial charge in [0.15, 0.2) is 0 Å². The van der Waals surface area contributed by atoms with E-state index in [9.17, 15) is 0 Å². The van der Waals surface area contributed by atoms with Gasteiger partial charge in [-0.25, -0.2) is 0 Å². The third-order valence-corrected chi connectivity index (χ3v) is 6.90. The molecule has 2 heterocycles. The number of nitrogens with zero attached hydrogens (tertiary/aromatic N) is 1. The van der Waals surface area contributed by atoms with Crippen molar-refractivity contribution >= 4 is 39.9 Å². The van der Waals surface area contributed by atoms with Gasteiger partial charge in [-0.15, -0.1) is 0 Å². The molecule has 0 spiro atoms. The quantitative estimate of drug-likeness (QED) is 0.290. The van der Waals surface area contributed by atoms with Crippen molar-refractivity contribution in [3.63, 3.8) is 0 Å². The number of para-hydroxylation sites is 1. The van der Waals surface area contributed by atoms with Crippen LogP contribution in [0.3, 0.4) is 0 Å². The molecule has 5 aromatic rings. The van der Waals surface area contributed by atoms with Gasteiger partial charge >= 0.3 is 6.85 Å². The normalized spacial score (nSPS) is 13.2. The lowest BCUT2D eigenvalue weighted by atomic mass is 9.43. The van der Waals surface area contributed by atoms with E-state index in [0.29, 0.717) is 0 Å². The first kappa shape index (κ1) is 17.0. The number of fused-ring (bicyclic) bond motifs is 13.